The normalized spacial score (nSPS) is 15.6. The Kier molecular flexibility index (Phi) is 7.56. The van der Waals surface area contributed by atoms with E-state index in [4.69, 9.17) is 0 Å². The number of hydrogen-bond donors (Lipinski definition) is 0. The third-order valence-electron chi connectivity index (χ3n) is 1.52. The van der Waals surface area contributed by atoms with Gasteiger partial charge in [0.15, 0.2) is 0 Å². The van der Waals surface area contributed by atoms with E-state index in [1.807, 2.05) is 0 Å². The molecule has 2 atom stereocenters. The summed E-state index contributed by atoms with van der Waals surface area (Å²) in [6.45, 7) is 4.80. The molecule has 0 aromatic heterocycles. The van der Waals surface area contributed by atoms with Gasteiger partial charge in [0.25, 0.3) is 0 Å². The molecule has 3 heteroatoms. The molecule has 0 aromatic carbocycles. The summed E-state index contributed by atoms with van der Waals surface area (Å²) in [6.07, 6.45) is 2.15. The maximum Gasteiger partial charge on any atom is 0.113 e. The predicted octanol–water partition coefficient (Wildman–Crippen LogP) is 3.38. The molecule has 0 N–H and O–H groups in total. The lowest BCUT2D eigenvalue weighted by Crippen LogP contribution is -2.12. The minimum Gasteiger partial charge on any atom is -0.251 e. The zero-order valence-corrected chi connectivity index (χ0v) is 8.25. The van der Waals surface area contributed by atoms with Crippen LogP contribution in [-0.2, 0) is 0 Å². The first-order valence-electron chi connectivity index (χ1n) is 4.16. The van der Waals surface area contributed by atoms with Crippen LogP contribution in [-0.4, -0.2) is 23.8 Å². The van der Waals surface area contributed by atoms with Crippen molar-refractivity contribution in [2.24, 2.45) is 0 Å². The Hall–Kier alpha value is -0.0500. The lowest BCUT2D eigenvalue weighted by atomic mass is 10.3. The first-order valence-corrected chi connectivity index (χ1v) is 5.21. The number of alkyl halides is 2. The van der Waals surface area contributed by atoms with Crippen molar-refractivity contribution in [1.82, 2.24) is 0 Å². The van der Waals surface area contributed by atoms with Crippen LogP contribution in [0.15, 0.2) is 12.7 Å². The number of rotatable bonds is 7. The average molecular weight is 194 g/mol. The van der Waals surface area contributed by atoms with Crippen LogP contribution in [0.4, 0.5) is 8.78 Å². The molecule has 0 spiro atoms. The topological polar surface area (TPSA) is 0 Å². The van der Waals surface area contributed by atoms with Gasteiger partial charge in [0, 0.05) is 0 Å². The van der Waals surface area contributed by atoms with Crippen molar-refractivity contribution in [3.8, 4) is 0 Å². The second-order valence-electron chi connectivity index (χ2n) is 2.64. The molecular formula is C9H16F2S. The van der Waals surface area contributed by atoms with Crippen LogP contribution in [0.2, 0.25) is 0 Å². The van der Waals surface area contributed by atoms with E-state index in [1.165, 1.54) is 18.7 Å². The average Bonchev–Trinajstić information content (AvgIpc) is 2.04. The minimum absolute atomic E-state index is 0.135. The maximum absolute atomic E-state index is 12.7. The molecule has 0 aliphatic carbocycles. The van der Waals surface area contributed by atoms with Gasteiger partial charge in [-0.05, 0) is 25.5 Å². The highest BCUT2D eigenvalue weighted by Crippen LogP contribution is 2.19. The molecule has 0 rings (SSSR count). The third-order valence-corrected chi connectivity index (χ3v) is 3.00. The highest BCUT2D eigenvalue weighted by atomic mass is 32.2. The van der Waals surface area contributed by atoms with Crippen molar-refractivity contribution in [3.63, 3.8) is 0 Å². The number of halogens is 2. The summed E-state index contributed by atoms with van der Waals surface area (Å²) >= 11 is 1.51. The van der Waals surface area contributed by atoms with Gasteiger partial charge in [-0.15, -0.1) is 6.58 Å². The van der Waals surface area contributed by atoms with Crippen molar-refractivity contribution < 1.29 is 8.78 Å². The van der Waals surface area contributed by atoms with Gasteiger partial charge in [-0.3, -0.25) is 4.39 Å². The zero-order valence-electron chi connectivity index (χ0n) is 7.43. The summed E-state index contributed by atoms with van der Waals surface area (Å²) < 4.78 is 24.4. The van der Waals surface area contributed by atoms with E-state index in [1.54, 1.807) is 6.08 Å². The first kappa shape index (κ1) is 11.9. The molecule has 0 radical (unpaired) electrons. The van der Waals surface area contributed by atoms with E-state index in [0.717, 1.165) is 12.2 Å². The number of thioether (sulfide) groups is 1. The Morgan fingerprint density at radius 3 is 2.58 bits per heavy atom. The Bertz CT molecular complexity index is 115. The third kappa shape index (κ3) is 5.58. The van der Waals surface area contributed by atoms with Crippen LogP contribution >= 0.6 is 11.8 Å². The molecule has 12 heavy (non-hydrogen) atoms. The summed E-state index contributed by atoms with van der Waals surface area (Å²) in [6, 6.07) is 0. The van der Waals surface area contributed by atoms with Crippen molar-refractivity contribution in [3.05, 3.63) is 12.7 Å². The van der Waals surface area contributed by atoms with Crippen LogP contribution in [0.25, 0.3) is 0 Å². The van der Waals surface area contributed by atoms with Gasteiger partial charge in [-0.2, -0.15) is 11.8 Å². The van der Waals surface area contributed by atoms with E-state index in [0.29, 0.717) is 6.42 Å². The Labute approximate surface area is 77.4 Å². The molecule has 0 saturated heterocycles. The number of hydrogen-bond acceptors (Lipinski definition) is 1. The fourth-order valence-corrected chi connectivity index (χ4v) is 1.85. The Morgan fingerprint density at radius 2 is 2.17 bits per heavy atom. The molecule has 72 valence electrons. The van der Waals surface area contributed by atoms with Crippen LogP contribution in [0.1, 0.15) is 19.8 Å². The maximum atomic E-state index is 12.7. The monoisotopic (exact) mass is 194 g/mol. The summed E-state index contributed by atoms with van der Waals surface area (Å²) in [5.74, 6) is 0.814. The molecule has 0 aromatic rings. The van der Waals surface area contributed by atoms with Gasteiger partial charge < -0.3 is 0 Å². The second kappa shape index (κ2) is 7.59. The van der Waals surface area contributed by atoms with Gasteiger partial charge in [0.2, 0.25) is 0 Å². The SMILES string of the molecule is C=CC(SCCCCF)C(C)F. The fraction of sp³-hybridized carbons (Fsp3) is 0.778. The lowest BCUT2D eigenvalue weighted by Gasteiger charge is -2.12. The van der Waals surface area contributed by atoms with E-state index < -0.39 is 6.17 Å². The predicted molar refractivity (Wildman–Crippen MR) is 52.2 cm³/mol. The second-order valence-corrected chi connectivity index (χ2v) is 3.93. The summed E-state index contributed by atoms with van der Waals surface area (Å²) in [5, 5.41) is -0.135. The minimum atomic E-state index is -0.863. The molecule has 0 heterocycles. The quantitative estimate of drug-likeness (QED) is 0.442. The van der Waals surface area contributed by atoms with E-state index >= 15 is 0 Å². The molecule has 0 bridgehead atoms. The molecule has 0 nitrogen and oxygen atoms in total. The number of unbranched alkanes of at least 4 members (excludes halogenated alkanes) is 1. The highest BCUT2D eigenvalue weighted by Gasteiger charge is 2.11. The van der Waals surface area contributed by atoms with Crippen LogP contribution in [0, 0.1) is 0 Å². The van der Waals surface area contributed by atoms with Gasteiger partial charge in [0.05, 0.1) is 11.9 Å². The molecule has 0 saturated carbocycles. The molecule has 0 fully saturated rings. The summed E-state index contributed by atoms with van der Waals surface area (Å²) in [5.41, 5.74) is 0. The lowest BCUT2D eigenvalue weighted by molar-refractivity contribution is 0.372. The van der Waals surface area contributed by atoms with Crippen molar-refractivity contribution >= 4 is 11.8 Å². The highest BCUT2D eigenvalue weighted by molar-refractivity contribution is 8.00. The van der Waals surface area contributed by atoms with E-state index in [2.05, 4.69) is 6.58 Å². The molecular weight excluding hydrogens is 178 g/mol. The molecule has 0 aliphatic rings. The fourth-order valence-electron chi connectivity index (χ4n) is 0.804. The van der Waals surface area contributed by atoms with Gasteiger partial charge in [0.1, 0.15) is 6.17 Å². The standard InChI is InChI=1S/C9H16F2S/c1-3-9(8(2)11)12-7-5-4-6-10/h3,8-9H,1,4-7H2,2H3. The zero-order chi connectivity index (χ0) is 9.40. The van der Waals surface area contributed by atoms with Crippen molar-refractivity contribution in [1.29, 1.82) is 0 Å². The van der Waals surface area contributed by atoms with Crippen molar-refractivity contribution in [2.45, 2.75) is 31.2 Å². The Balaban J connectivity index is 3.38. The molecule has 0 aliphatic heterocycles. The van der Waals surface area contributed by atoms with E-state index in [9.17, 15) is 8.78 Å². The first-order chi connectivity index (χ1) is 5.72. The van der Waals surface area contributed by atoms with Crippen LogP contribution in [0.3, 0.4) is 0 Å². The summed E-state index contributed by atoms with van der Waals surface area (Å²) in [7, 11) is 0. The van der Waals surface area contributed by atoms with Gasteiger partial charge >= 0.3 is 0 Å². The van der Waals surface area contributed by atoms with Crippen LogP contribution in [0.5, 0.6) is 0 Å². The van der Waals surface area contributed by atoms with Crippen LogP contribution < -0.4 is 0 Å². The molecule has 2 unspecified atom stereocenters. The summed E-state index contributed by atoms with van der Waals surface area (Å²) in [4.78, 5) is 0. The smallest absolute Gasteiger partial charge is 0.113 e. The van der Waals surface area contributed by atoms with Gasteiger partial charge in [-0.25, -0.2) is 4.39 Å². The van der Waals surface area contributed by atoms with E-state index in [-0.39, 0.29) is 11.9 Å². The van der Waals surface area contributed by atoms with Gasteiger partial charge in [-0.1, -0.05) is 6.08 Å². The largest absolute Gasteiger partial charge is 0.251 e. The Morgan fingerprint density at radius 1 is 1.50 bits per heavy atom. The van der Waals surface area contributed by atoms with Crippen molar-refractivity contribution in [2.75, 3.05) is 12.4 Å². The molecule has 0 amide bonds.